The lowest BCUT2D eigenvalue weighted by atomic mass is 10.0. The highest BCUT2D eigenvalue weighted by molar-refractivity contribution is 5.95. The van der Waals surface area contributed by atoms with Crippen molar-refractivity contribution < 1.29 is 24.9 Å². The van der Waals surface area contributed by atoms with Crippen LogP contribution in [0.15, 0.2) is 42.5 Å². The number of nitrogens with one attached hydrogen (secondary N) is 2. The maximum Gasteiger partial charge on any atom is 0.330 e. The molecule has 2 aromatic carbocycles. The monoisotopic (exact) mass is 373 g/mol. The molecule has 2 rings (SSSR count). The van der Waals surface area contributed by atoms with Gasteiger partial charge in [0.15, 0.2) is 6.04 Å². The lowest BCUT2D eigenvalue weighted by Gasteiger charge is -2.20. The number of aliphatic hydroxyl groups is 2. The number of carboxylic acids is 1. The van der Waals surface area contributed by atoms with Gasteiger partial charge in [-0.05, 0) is 48.4 Å². The standard InChI is InChI=1S/C19H23N3O5/c20-18(21)13-2-4-14(5-3-13)22-17(19(25)26)15-11-12(7-8-23)1-6-16(15)27-10-9-24/h1-6,11,17,22-24H,7-10H2,(H3,20,21)(H,25,26). The van der Waals surface area contributed by atoms with Crippen molar-refractivity contribution in [2.45, 2.75) is 12.5 Å². The largest absolute Gasteiger partial charge is 0.491 e. The van der Waals surface area contributed by atoms with E-state index in [0.717, 1.165) is 5.56 Å². The number of nitrogens with two attached hydrogens (primary N) is 1. The Kier molecular flexibility index (Phi) is 7.16. The predicted molar refractivity (Wildman–Crippen MR) is 101 cm³/mol. The fourth-order valence-electron chi connectivity index (χ4n) is 2.58. The number of anilines is 1. The zero-order valence-electron chi connectivity index (χ0n) is 14.7. The molecule has 144 valence electrons. The number of amidine groups is 1. The molecule has 0 aliphatic heterocycles. The Labute approximate surface area is 156 Å². The number of hydrogen-bond donors (Lipinski definition) is 6. The van der Waals surface area contributed by atoms with Crippen LogP contribution in [0.2, 0.25) is 0 Å². The summed E-state index contributed by atoms with van der Waals surface area (Å²) in [5.74, 6) is -0.848. The normalized spacial score (nSPS) is 11.6. The number of ether oxygens (including phenoxy) is 1. The van der Waals surface area contributed by atoms with Gasteiger partial charge in [-0.2, -0.15) is 0 Å². The lowest BCUT2D eigenvalue weighted by molar-refractivity contribution is -0.138. The van der Waals surface area contributed by atoms with E-state index >= 15 is 0 Å². The minimum atomic E-state index is -1.11. The first-order chi connectivity index (χ1) is 13.0. The van der Waals surface area contributed by atoms with Crippen LogP contribution < -0.4 is 15.8 Å². The van der Waals surface area contributed by atoms with E-state index in [4.69, 9.17) is 26.1 Å². The third-order valence-electron chi connectivity index (χ3n) is 3.89. The topological polar surface area (TPSA) is 149 Å². The molecule has 0 fully saturated rings. The Morgan fingerprint density at radius 3 is 2.41 bits per heavy atom. The summed E-state index contributed by atoms with van der Waals surface area (Å²) in [6.45, 7) is -0.227. The Balaban J connectivity index is 2.36. The highest BCUT2D eigenvalue weighted by Crippen LogP contribution is 2.30. The van der Waals surface area contributed by atoms with Crippen LogP contribution in [0.25, 0.3) is 0 Å². The second kappa shape index (κ2) is 9.56. The van der Waals surface area contributed by atoms with Gasteiger partial charge in [0.05, 0.1) is 6.61 Å². The molecule has 0 aliphatic carbocycles. The molecule has 8 heteroatoms. The van der Waals surface area contributed by atoms with E-state index < -0.39 is 12.0 Å². The summed E-state index contributed by atoms with van der Waals surface area (Å²) < 4.78 is 5.48. The molecule has 0 amide bonds. The van der Waals surface area contributed by atoms with Crippen molar-refractivity contribution >= 4 is 17.5 Å². The van der Waals surface area contributed by atoms with E-state index in [-0.39, 0.29) is 25.7 Å². The third-order valence-corrected chi connectivity index (χ3v) is 3.89. The van der Waals surface area contributed by atoms with E-state index in [0.29, 0.717) is 29.0 Å². The first-order valence-electron chi connectivity index (χ1n) is 8.37. The molecule has 7 N–H and O–H groups in total. The molecular weight excluding hydrogens is 350 g/mol. The van der Waals surface area contributed by atoms with E-state index in [1.54, 1.807) is 42.5 Å². The number of aliphatic carboxylic acids is 1. The second-order valence-corrected chi connectivity index (χ2v) is 5.82. The van der Waals surface area contributed by atoms with Crippen molar-refractivity contribution in [3.05, 3.63) is 59.2 Å². The Hall–Kier alpha value is -3.10. The van der Waals surface area contributed by atoms with Gasteiger partial charge in [-0.25, -0.2) is 4.79 Å². The minimum absolute atomic E-state index is 0.0337. The summed E-state index contributed by atoms with van der Waals surface area (Å²) in [7, 11) is 0. The van der Waals surface area contributed by atoms with Crippen LogP contribution in [0.5, 0.6) is 5.75 Å². The molecule has 8 nitrogen and oxygen atoms in total. The number of carbonyl (C=O) groups is 1. The number of benzene rings is 2. The van der Waals surface area contributed by atoms with Crippen LogP contribution in [0.1, 0.15) is 22.7 Å². The molecule has 0 aliphatic rings. The zero-order valence-corrected chi connectivity index (χ0v) is 14.7. The van der Waals surface area contributed by atoms with Gasteiger partial charge < -0.3 is 31.1 Å². The molecule has 0 saturated carbocycles. The molecular formula is C19H23N3O5. The average molecular weight is 373 g/mol. The molecule has 0 saturated heterocycles. The molecule has 0 radical (unpaired) electrons. The fourth-order valence-corrected chi connectivity index (χ4v) is 2.58. The van der Waals surface area contributed by atoms with Crippen molar-refractivity contribution in [3.8, 4) is 5.75 Å². The van der Waals surface area contributed by atoms with Gasteiger partial charge >= 0.3 is 5.97 Å². The first-order valence-corrected chi connectivity index (χ1v) is 8.37. The van der Waals surface area contributed by atoms with Gasteiger partial charge in [-0.3, -0.25) is 5.41 Å². The molecule has 2 aromatic rings. The minimum Gasteiger partial charge on any atom is -0.491 e. The number of carboxylic acid groups (broad SMARTS) is 1. The zero-order chi connectivity index (χ0) is 19.8. The van der Waals surface area contributed by atoms with Gasteiger partial charge in [0.25, 0.3) is 0 Å². The molecule has 0 spiro atoms. The van der Waals surface area contributed by atoms with Crippen LogP contribution in [0.4, 0.5) is 5.69 Å². The van der Waals surface area contributed by atoms with Gasteiger partial charge in [-0.1, -0.05) is 6.07 Å². The molecule has 1 unspecified atom stereocenters. The predicted octanol–water partition coefficient (Wildman–Crippen LogP) is 1.11. The van der Waals surface area contributed by atoms with Crippen molar-refractivity contribution in [1.29, 1.82) is 5.41 Å². The van der Waals surface area contributed by atoms with Gasteiger partial charge in [0, 0.05) is 23.4 Å². The number of nitrogen functional groups attached to an aromatic ring is 1. The van der Waals surface area contributed by atoms with Gasteiger partial charge in [0.2, 0.25) is 0 Å². The summed E-state index contributed by atoms with van der Waals surface area (Å²) in [4.78, 5) is 11.9. The Bertz CT molecular complexity index is 792. The Morgan fingerprint density at radius 1 is 1.15 bits per heavy atom. The van der Waals surface area contributed by atoms with E-state index in [9.17, 15) is 9.90 Å². The van der Waals surface area contributed by atoms with Crippen molar-refractivity contribution in [1.82, 2.24) is 0 Å². The summed E-state index contributed by atoms with van der Waals surface area (Å²) in [6.07, 6.45) is 0.382. The van der Waals surface area contributed by atoms with Crippen LogP contribution in [-0.4, -0.2) is 46.9 Å². The quantitative estimate of drug-likeness (QED) is 0.270. The van der Waals surface area contributed by atoms with Crippen LogP contribution in [-0.2, 0) is 11.2 Å². The van der Waals surface area contributed by atoms with Crippen LogP contribution in [0, 0.1) is 5.41 Å². The van der Waals surface area contributed by atoms with Crippen molar-refractivity contribution in [2.75, 3.05) is 25.1 Å². The lowest BCUT2D eigenvalue weighted by Crippen LogP contribution is -2.22. The van der Waals surface area contributed by atoms with Crippen molar-refractivity contribution in [2.24, 2.45) is 5.73 Å². The molecule has 0 bridgehead atoms. The average Bonchev–Trinajstić information content (AvgIpc) is 2.65. The maximum absolute atomic E-state index is 11.9. The SMILES string of the molecule is N=C(N)c1ccc(NC(C(=O)O)c2cc(CCO)ccc2OCCO)cc1. The highest BCUT2D eigenvalue weighted by Gasteiger charge is 2.24. The molecule has 1 atom stereocenters. The third kappa shape index (κ3) is 5.44. The smallest absolute Gasteiger partial charge is 0.330 e. The van der Waals surface area contributed by atoms with E-state index in [2.05, 4.69) is 5.32 Å². The van der Waals surface area contributed by atoms with Crippen LogP contribution in [0.3, 0.4) is 0 Å². The highest BCUT2D eigenvalue weighted by atomic mass is 16.5. The molecule has 0 aromatic heterocycles. The van der Waals surface area contributed by atoms with E-state index in [1.165, 1.54) is 0 Å². The first kappa shape index (κ1) is 20.2. The van der Waals surface area contributed by atoms with Crippen LogP contribution >= 0.6 is 0 Å². The number of aliphatic hydroxyl groups excluding tert-OH is 2. The summed E-state index contributed by atoms with van der Waals surface area (Å²) in [5.41, 5.74) is 7.65. The summed E-state index contributed by atoms with van der Waals surface area (Å²) in [6, 6.07) is 10.4. The van der Waals surface area contributed by atoms with Gasteiger partial charge in [0.1, 0.15) is 18.2 Å². The Morgan fingerprint density at radius 2 is 1.85 bits per heavy atom. The second-order valence-electron chi connectivity index (χ2n) is 5.82. The molecule has 0 heterocycles. The van der Waals surface area contributed by atoms with Gasteiger partial charge in [-0.15, -0.1) is 0 Å². The fraction of sp³-hybridized carbons (Fsp3) is 0.263. The maximum atomic E-state index is 11.9. The number of hydrogen-bond acceptors (Lipinski definition) is 6. The van der Waals surface area contributed by atoms with Crippen molar-refractivity contribution in [3.63, 3.8) is 0 Å². The number of rotatable bonds is 10. The summed E-state index contributed by atoms with van der Waals surface area (Å²) in [5, 5.41) is 38.2. The molecule has 27 heavy (non-hydrogen) atoms. The summed E-state index contributed by atoms with van der Waals surface area (Å²) >= 11 is 0. The van der Waals surface area contributed by atoms with E-state index in [1.807, 2.05) is 0 Å².